The summed E-state index contributed by atoms with van der Waals surface area (Å²) in [6, 6.07) is 0. The van der Waals surface area contributed by atoms with Gasteiger partial charge in [-0.1, -0.05) is 19.0 Å². The lowest BCUT2D eigenvalue weighted by atomic mass is 9.86. The van der Waals surface area contributed by atoms with Gasteiger partial charge in [0.1, 0.15) is 12.4 Å². The lowest BCUT2D eigenvalue weighted by Gasteiger charge is -2.16. The molecule has 3 atom stereocenters. The monoisotopic (exact) mass is 209 g/mol. The Hall–Kier alpha value is -0.860. The Bertz CT molecular complexity index is 271. The van der Waals surface area contributed by atoms with Crippen molar-refractivity contribution < 1.29 is 9.63 Å². The van der Waals surface area contributed by atoms with Crippen LogP contribution in [0.25, 0.3) is 0 Å². The minimum Gasteiger partial charge on any atom is -0.392 e. The molecule has 1 heterocycles. The molecule has 0 N–H and O–H groups in total. The van der Waals surface area contributed by atoms with Crippen LogP contribution in [0.2, 0.25) is 0 Å². The van der Waals surface area contributed by atoms with Crippen LogP contribution < -0.4 is 0 Å². The molecule has 0 amide bonds. The third kappa shape index (κ3) is 1.80. The zero-order chi connectivity index (χ0) is 10.8. The van der Waals surface area contributed by atoms with Gasteiger partial charge in [0.05, 0.1) is 5.71 Å². The van der Waals surface area contributed by atoms with Gasteiger partial charge in [-0.15, -0.1) is 0 Å². The summed E-state index contributed by atoms with van der Waals surface area (Å²) >= 11 is 0. The lowest BCUT2D eigenvalue weighted by molar-refractivity contribution is -0.111. The molecule has 3 heteroatoms. The van der Waals surface area contributed by atoms with Crippen molar-refractivity contribution in [3.05, 3.63) is 0 Å². The van der Waals surface area contributed by atoms with Crippen LogP contribution >= 0.6 is 0 Å². The van der Waals surface area contributed by atoms with E-state index in [0.29, 0.717) is 11.8 Å². The zero-order valence-electron chi connectivity index (χ0n) is 9.48. The Kier molecular flexibility index (Phi) is 3.08. The normalized spacial score (nSPS) is 33.8. The molecule has 2 rings (SSSR count). The molecule has 0 aromatic rings. The van der Waals surface area contributed by atoms with E-state index in [1.54, 1.807) is 0 Å². The summed E-state index contributed by atoms with van der Waals surface area (Å²) in [5.74, 6) is 1.16. The van der Waals surface area contributed by atoms with E-state index < -0.39 is 0 Å². The topological polar surface area (TPSA) is 38.7 Å². The minimum absolute atomic E-state index is 0.191. The van der Waals surface area contributed by atoms with Gasteiger partial charge in [0.15, 0.2) is 0 Å². The smallest absolute Gasteiger partial charge is 0.136 e. The molecular weight excluding hydrogens is 190 g/mol. The van der Waals surface area contributed by atoms with Crippen LogP contribution in [-0.4, -0.2) is 18.1 Å². The van der Waals surface area contributed by atoms with Crippen LogP contribution in [0, 0.1) is 17.8 Å². The van der Waals surface area contributed by atoms with Crippen molar-refractivity contribution >= 4 is 12.0 Å². The molecule has 15 heavy (non-hydrogen) atoms. The summed E-state index contributed by atoms with van der Waals surface area (Å²) in [7, 11) is 0. The second-order valence-electron chi connectivity index (χ2n) is 4.65. The highest BCUT2D eigenvalue weighted by molar-refractivity contribution is 5.90. The van der Waals surface area contributed by atoms with E-state index in [-0.39, 0.29) is 12.0 Å². The largest absolute Gasteiger partial charge is 0.392 e. The average Bonchev–Trinajstić information content (AvgIpc) is 2.80. The van der Waals surface area contributed by atoms with Crippen molar-refractivity contribution in [2.24, 2.45) is 22.9 Å². The molecule has 3 nitrogen and oxygen atoms in total. The maximum Gasteiger partial charge on any atom is 0.136 e. The Morgan fingerprint density at radius 3 is 2.80 bits per heavy atom. The second-order valence-corrected chi connectivity index (χ2v) is 4.65. The van der Waals surface area contributed by atoms with Gasteiger partial charge in [0.25, 0.3) is 0 Å². The highest BCUT2D eigenvalue weighted by Gasteiger charge is 2.44. The van der Waals surface area contributed by atoms with Crippen molar-refractivity contribution in [2.75, 3.05) is 0 Å². The molecule has 2 aliphatic rings. The van der Waals surface area contributed by atoms with E-state index >= 15 is 0 Å². The van der Waals surface area contributed by atoms with Gasteiger partial charge in [0, 0.05) is 17.8 Å². The Morgan fingerprint density at radius 1 is 1.47 bits per heavy atom. The first-order chi connectivity index (χ1) is 7.30. The molecule has 0 radical (unpaired) electrons. The van der Waals surface area contributed by atoms with Crippen molar-refractivity contribution in [1.29, 1.82) is 0 Å². The van der Waals surface area contributed by atoms with Gasteiger partial charge in [-0.25, -0.2) is 0 Å². The van der Waals surface area contributed by atoms with Crippen LogP contribution in [-0.2, 0) is 9.63 Å². The maximum absolute atomic E-state index is 10.8. The first-order valence-corrected chi connectivity index (χ1v) is 5.99. The Labute approximate surface area is 90.9 Å². The summed E-state index contributed by atoms with van der Waals surface area (Å²) in [6.07, 6.45) is 5.31. The standard InChI is InChI=1S/C12H19NO2/c1-3-9(4-2)12-10-5-8(7-14)6-11(10)15-13-12/h7-11H,3-6H2,1-2H3. The summed E-state index contributed by atoms with van der Waals surface area (Å²) in [5.41, 5.74) is 1.22. The zero-order valence-corrected chi connectivity index (χ0v) is 9.48. The fourth-order valence-electron chi connectivity index (χ4n) is 2.86. The van der Waals surface area contributed by atoms with Crippen molar-refractivity contribution in [2.45, 2.75) is 45.6 Å². The number of nitrogens with zero attached hydrogens (tertiary/aromatic N) is 1. The number of oxime groups is 1. The van der Waals surface area contributed by atoms with Crippen molar-refractivity contribution in [3.63, 3.8) is 0 Å². The van der Waals surface area contributed by atoms with Crippen LogP contribution in [0.5, 0.6) is 0 Å². The van der Waals surface area contributed by atoms with Crippen LogP contribution in [0.3, 0.4) is 0 Å². The molecular formula is C12H19NO2. The average molecular weight is 209 g/mol. The fourth-order valence-corrected chi connectivity index (χ4v) is 2.86. The highest BCUT2D eigenvalue weighted by Crippen LogP contribution is 2.40. The lowest BCUT2D eigenvalue weighted by Crippen LogP contribution is -2.23. The predicted molar refractivity (Wildman–Crippen MR) is 58.7 cm³/mol. The number of carbonyl (C=O) groups excluding carboxylic acids is 1. The number of carbonyl (C=O) groups is 1. The van der Waals surface area contributed by atoms with Crippen molar-refractivity contribution in [1.82, 2.24) is 0 Å². The van der Waals surface area contributed by atoms with E-state index in [2.05, 4.69) is 19.0 Å². The molecule has 0 spiro atoms. The molecule has 84 valence electrons. The van der Waals surface area contributed by atoms with Gasteiger partial charge in [-0.05, 0) is 25.7 Å². The van der Waals surface area contributed by atoms with Gasteiger partial charge in [0.2, 0.25) is 0 Å². The Balaban J connectivity index is 2.06. The summed E-state index contributed by atoms with van der Waals surface area (Å²) in [4.78, 5) is 16.2. The number of hydrogen-bond donors (Lipinski definition) is 0. The summed E-state index contributed by atoms with van der Waals surface area (Å²) in [6.45, 7) is 4.38. The number of aldehydes is 1. The van der Waals surface area contributed by atoms with E-state index in [1.807, 2.05) is 0 Å². The minimum atomic E-state index is 0.191. The van der Waals surface area contributed by atoms with Crippen LogP contribution in [0.4, 0.5) is 0 Å². The van der Waals surface area contributed by atoms with E-state index in [1.165, 1.54) is 5.71 Å². The molecule has 0 aromatic heterocycles. The third-order valence-corrected chi connectivity index (χ3v) is 3.81. The second kappa shape index (κ2) is 4.33. The molecule has 0 saturated heterocycles. The van der Waals surface area contributed by atoms with Crippen LogP contribution in [0.15, 0.2) is 5.16 Å². The number of hydrogen-bond acceptors (Lipinski definition) is 3. The molecule has 1 saturated carbocycles. The summed E-state index contributed by atoms with van der Waals surface area (Å²) < 4.78 is 0. The SMILES string of the molecule is CCC(CC)C1=NOC2CC(C=O)CC12. The fraction of sp³-hybridized carbons (Fsp3) is 0.833. The first kappa shape index (κ1) is 10.7. The van der Waals surface area contributed by atoms with Gasteiger partial charge in [-0.3, -0.25) is 0 Å². The molecule has 1 aliphatic heterocycles. The molecule has 1 fully saturated rings. The van der Waals surface area contributed by atoms with Crippen LogP contribution in [0.1, 0.15) is 39.5 Å². The van der Waals surface area contributed by atoms with Crippen molar-refractivity contribution in [3.8, 4) is 0 Å². The molecule has 0 bridgehead atoms. The van der Waals surface area contributed by atoms with Gasteiger partial charge >= 0.3 is 0 Å². The van der Waals surface area contributed by atoms with Gasteiger partial charge in [-0.2, -0.15) is 0 Å². The summed E-state index contributed by atoms with van der Waals surface area (Å²) in [5, 5.41) is 4.23. The third-order valence-electron chi connectivity index (χ3n) is 3.81. The maximum atomic E-state index is 10.8. The predicted octanol–water partition coefficient (Wildman–Crippen LogP) is 2.40. The number of fused-ring (bicyclic) bond motifs is 1. The quantitative estimate of drug-likeness (QED) is 0.667. The Morgan fingerprint density at radius 2 is 2.20 bits per heavy atom. The van der Waals surface area contributed by atoms with E-state index in [0.717, 1.165) is 32.0 Å². The number of rotatable bonds is 4. The van der Waals surface area contributed by atoms with Gasteiger partial charge < -0.3 is 9.63 Å². The highest BCUT2D eigenvalue weighted by atomic mass is 16.6. The molecule has 0 aromatic carbocycles. The van der Waals surface area contributed by atoms with E-state index in [4.69, 9.17) is 4.84 Å². The molecule has 1 aliphatic carbocycles. The first-order valence-electron chi connectivity index (χ1n) is 5.99. The molecule has 3 unspecified atom stereocenters. The van der Waals surface area contributed by atoms with E-state index in [9.17, 15) is 4.79 Å².